The van der Waals surface area contributed by atoms with Crippen LogP contribution in [0.5, 0.6) is 11.6 Å². The minimum atomic E-state index is -1.10. The Bertz CT molecular complexity index is 727. The molecule has 7 heteroatoms. The van der Waals surface area contributed by atoms with Crippen molar-refractivity contribution in [2.45, 2.75) is 13.8 Å². The van der Waals surface area contributed by atoms with Gasteiger partial charge in [0.2, 0.25) is 11.6 Å². The maximum atomic E-state index is 11.1. The molecule has 0 saturated carbocycles. The van der Waals surface area contributed by atoms with E-state index in [9.17, 15) is 14.9 Å². The van der Waals surface area contributed by atoms with Crippen LogP contribution in [0.3, 0.4) is 0 Å². The molecule has 1 aromatic heterocycles. The summed E-state index contributed by atoms with van der Waals surface area (Å²) in [6.07, 6.45) is 1.15. The molecule has 0 aliphatic heterocycles. The predicted octanol–water partition coefficient (Wildman–Crippen LogP) is 3.10. The molecular weight excluding hydrogens is 276 g/mol. The molecule has 0 spiro atoms. The molecule has 0 aliphatic rings. The van der Waals surface area contributed by atoms with E-state index >= 15 is 0 Å². The minimum Gasteiger partial charge on any atom is -0.478 e. The first-order valence-electron chi connectivity index (χ1n) is 6.02. The molecule has 0 atom stereocenters. The number of carboxylic acid groups (broad SMARTS) is 1. The molecule has 2 aromatic rings. The van der Waals surface area contributed by atoms with Crippen LogP contribution in [0.4, 0.5) is 5.69 Å². The Hall–Kier alpha value is -2.96. The summed E-state index contributed by atoms with van der Waals surface area (Å²) in [5, 5.41) is 20.0. The van der Waals surface area contributed by atoms with Crippen molar-refractivity contribution in [3.63, 3.8) is 0 Å². The molecule has 0 amide bonds. The van der Waals surface area contributed by atoms with Gasteiger partial charge in [-0.25, -0.2) is 9.78 Å². The Balaban J connectivity index is 2.42. The molecule has 0 saturated heterocycles. The molecule has 0 radical (unpaired) electrons. The number of carboxylic acids is 1. The molecule has 0 aliphatic carbocycles. The van der Waals surface area contributed by atoms with Crippen LogP contribution in [0.2, 0.25) is 0 Å². The zero-order chi connectivity index (χ0) is 15.6. The summed E-state index contributed by atoms with van der Waals surface area (Å²) in [6.45, 7) is 3.23. The van der Waals surface area contributed by atoms with Crippen molar-refractivity contribution in [2.24, 2.45) is 0 Å². The first-order valence-corrected chi connectivity index (χ1v) is 6.02. The summed E-state index contributed by atoms with van der Waals surface area (Å²) in [4.78, 5) is 25.3. The number of aryl methyl sites for hydroxylation is 2. The summed E-state index contributed by atoms with van der Waals surface area (Å²) in [7, 11) is 0. The average Bonchev–Trinajstić information content (AvgIpc) is 2.40. The summed E-state index contributed by atoms with van der Waals surface area (Å²) in [5.41, 5.74) is 0.836. The predicted molar refractivity (Wildman–Crippen MR) is 73.8 cm³/mol. The standard InChI is InChI=1S/C14H12N2O5/c1-8-4-3-5-11(12(8)16(19)20)21-13-9(2)6-10(7-15-13)14(17)18/h3-7H,1-2H3,(H,17,18). The minimum absolute atomic E-state index is 0.0265. The lowest BCUT2D eigenvalue weighted by Gasteiger charge is -2.09. The van der Waals surface area contributed by atoms with Crippen molar-refractivity contribution in [1.82, 2.24) is 4.98 Å². The molecule has 0 fully saturated rings. The molecule has 1 heterocycles. The van der Waals surface area contributed by atoms with Crippen LogP contribution in [0.1, 0.15) is 21.5 Å². The largest absolute Gasteiger partial charge is 0.478 e. The number of hydrogen-bond donors (Lipinski definition) is 1. The van der Waals surface area contributed by atoms with Crippen molar-refractivity contribution >= 4 is 11.7 Å². The zero-order valence-corrected chi connectivity index (χ0v) is 11.4. The first-order chi connectivity index (χ1) is 9.90. The first kappa shape index (κ1) is 14.4. The van der Waals surface area contributed by atoms with Gasteiger partial charge in [0, 0.05) is 17.3 Å². The summed E-state index contributed by atoms with van der Waals surface area (Å²) in [6, 6.07) is 6.11. The highest BCUT2D eigenvalue weighted by molar-refractivity contribution is 5.87. The Morgan fingerprint density at radius 3 is 2.62 bits per heavy atom. The van der Waals surface area contributed by atoms with Gasteiger partial charge in [0.1, 0.15) is 0 Å². The second-order valence-corrected chi connectivity index (χ2v) is 4.43. The molecule has 2 rings (SSSR count). The van der Waals surface area contributed by atoms with Crippen LogP contribution in [-0.4, -0.2) is 21.0 Å². The Kier molecular flexibility index (Phi) is 3.84. The number of nitro groups is 1. The van der Waals surface area contributed by atoms with Crippen LogP contribution in [0.25, 0.3) is 0 Å². The van der Waals surface area contributed by atoms with Crippen LogP contribution < -0.4 is 4.74 Å². The normalized spacial score (nSPS) is 10.2. The van der Waals surface area contributed by atoms with Gasteiger partial charge in [-0.15, -0.1) is 0 Å². The van der Waals surface area contributed by atoms with Crippen molar-refractivity contribution in [1.29, 1.82) is 0 Å². The fourth-order valence-electron chi connectivity index (χ4n) is 1.84. The number of rotatable bonds is 4. The summed E-state index contributed by atoms with van der Waals surface area (Å²) >= 11 is 0. The van der Waals surface area contributed by atoms with Gasteiger partial charge in [-0.3, -0.25) is 10.1 Å². The molecule has 0 unspecified atom stereocenters. The van der Waals surface area contributed by atoms with Gasteiger partial charge in [-0.2, -0.15) is 0 Å². The van der Waals surface area contributed by atoms with Crippen LogP contribution in [-0.2, 0) is 0 Å². The number of hydrogen-bond acceptors (Lipinski definition) is 5. The third-order valence-electron chi connectivity index (χ3n) is 2.87. The van der Waals surface area contributed by atoms with E-state index in [-0.39, 0.29) is 22.9 Å². The number of pyridine rings is 1. The number of aromatic carboxylic acids is 1. The fourth-order valence-corrected chi connectivity index (χ4v) is 1.84. The third kappa shape index (κ3) is 2.97. The van der Waals surface area contributed by atoms with E-state index < -0.39 is 10.9 Å². The topological polar surface area (TPSA) is 103 Å². The highest BCUT2D eigenvalue weighted by atomic mass is 16.6. The molecule has 108 valence electrons. The quantitative estimate of drug-likeness (QED) is 0.685. The van der Waals surface area contributed by atoms with Gasteiger partial charge >= 0.3 is 11.7 Å². The number of para-hydroxylation sites is 1. The third-order valence-corrected chi connectivity index (χ3v) is 2.87. The monoisotopic (exact) mass is 288 g/mol. The smallest absolute Gasteiger partial charge is 0.337 e. The Labute approximate surface area is 120 Å². The number of aromatic nitrogens is 1. The second-order valence-electron chi connectivity index (χ2n) is 4.43. The maximum absolute atomic E-state index is 11.1. The highest BCUT2D eigenvalue weighted by Crippen LogP contribution is 2.34. The Morgan fingerprint density at radius 2 is 2.05 bits per heavy atom. The van der Waals surface area contributed by atoms with Crippen molar-refractivity contribution in [3.05, 3.63) is 57.3 Å². The van der Waals surface area contributed by atoms with E-state index in [1.807, 2.05) is 0 Å². The van der Waals surface area contributed by atoms with E-state index in [0.717, 1.165) is 6.20 Å². The number of nitro benzene ring substituents is 1. The van der Waals surface area contributed by atoms with E-state index in [1.165, 1.54) is 12.1 Å². The lowest BCUT2D eigenvalue weighted by atomic mass is 10.2. The van der Waals surface area contributed by atoms with Crippen molar-refractivity contribution in [2.75, 3.05) is 0 Å². The molecule has 21 heavy (non-hydrogen) atoms. The van der Waals surface area contributed by atoms with E-state index in [0.29, 0.717) is 11.1 Å². The lowest BCUT2D eigenvalue weighted by Crippen LogP contribution is -2.01. The van der Waals surface area contributed by atoms with Gasteiger partial charge < -0.3 is 9.84 Å². The van der Waals surface area contributed by atoms with E-state index in [2.05, 4.69) is 4.98 Å². The number of benzene rings is 1. The number of nitrogens with zero attached hydrogens (tertiary/aromatic N) is 2. The highest BCUT2D eigenvalue weighted by Gasteiger charge is 2.20. The zero-order valence-electron chi connectivity index (χ0n) is 11.4. The fraction of sp³-hybridized carbons (Fsp3) is 0.143. The van der Waals surface area contributed by atoms with Gasteiger partial charge in [-0.05, 0) is 26.0 Å². The summed E-state index contributed by atoms with van der Waals surface area (Å²) in [5.74, 6) is -0.897. The van der Waals surface area contributed by atoms with Gasteiger partial charge in [-0.1, -0.05) is 12.1 Å². The van der Waals surface area contributed by atoms with Crippen molar-refractivity contribution < 1.29 is 19.6 Å². The van der Waals surface area contributed by atoms with Crippen LogP contribution in [0.15, 0.2) is 30.5 Å². The molecular formula is C14H12N2O5. The number of carbonyl (C=O) groups is 1. The van der Waals surface area contributed by atoms with E-state index in [4.69, 9.17) is 9.84 Å². The maximum Gasteiger partial charge on any atom is 0.337 e. The molecule has 1 aromatic carbocycles. The average molecular weight is 288 g/mol. The molecule has 0 bridgehead atoms. The van der Waals surface area contributed by atoms with Crippen LogP contribution in [0, 0.1) is 24.0 Å². The lowest BCUT2D eigenvalue weighted by molar-refractivity contribution is -0.386. The summed E-state index contributed by atoms with van der Waals surface area (Å²) < 4.78 is 5.47. The Morgan fingerprint density at radius 1 is 1.33 bits per heavy atom. The SMILES string of the molecule is Cc1cc(C(=O)O)cnc1Oc1cccc(C)c1[N+](=O)[O-]. The van der Waals surface area contributed by atoms with Crippen molar-refractivity contribution in [3.8, 4) is 11.6 Å². The van der Waals surface area contributed by atoms with Gasteiger partial charge in [0.15, 0.2) is 0 Å². The molecule has 1 N–H and O–H groups in total. The number of ether oxygens (including phenoxy) is 1. The van der Waals surface area contributed by atoms with Crippen LogP contribution >= 0.6 is 0 Å². The van der Waals surface area contributed by atoms with E-state index in [1.54, 1.807) is 26.0 Å². The second kappa shape index (κ2) is 5.58. The molecule has 7 nitrogen and oxygen atoms in total. The van der Waals surface area contributed by atoms with Gasteiger partial charge in [0.25, 0.3) is 0 Å². The van der Waals surface area contributed by atoms with Gasteiger partial charge in [0.05, 0.1) is 10.5 Å².